The molecule has 3 rings (SSSR count). The van der Waals surface area contributed by atoms with Crippen LogP contribution in [-0.4, -0.2) is 57.8 Å². The summed E-state index contributed by atoms with van der Waals surface area (Å²) in [6.45, 7) is 1.57. The van der Waals surface area contributed by atoms with Crippen molar-refractivity contribution < 1.29 is 13.2 Å². The Balaban J connectivity index is 0.00000341. The number of rotatable bonds is 6. The molecular formula is C19H24F3IN8. The van der Waals surface area contributed by atoms with Crippen molar-refractivity contribution in [1.29, 1.82) is 0 Å². The number of fused-ring (bicyclic) bond motifs is 1. The van der Waals surface area contributed by atoms with Crippen LogP contribution in [0.5, 0.6) is 0 Å². The number of aromatic nitrogens is 4. The Labute approximate surface area is 195 Å². The highest BCUT2D eigenvalue weighted by molar-refractivity contribution is 14.0. The van der Waals surface area contributed by atoms with Crippen molar-refractivity contribution in [3.8, 4) is 0 Å². The fraction of sp³-hybridized carbons (Fsp3) is 0.368. The molecule has 0 amide bonds. The van der Waals surface area contributed by atoms with Crippen LogP contribution in [0.25, 0.3) is 11.0 Å². The van der Waals surface area contributed by atoms with E-state index in [0.29, 0.717) is 31.4 Å². The number of guanidine groups is 1. The normalized spacial score (nSPS) is 11.9. The highest BCUT2D eigenvalue weighted by Crippen LogP contribution is 2.29. The molecule has 0 spiro atoms. The van der Waals surface area contributed by atoms with E-state index in [1.54, 1.807) is 17.9 Å². The summed E-state index contributed by atoms with van der Waals surface area (Å²) in [4.78, 5) is 14.5. The Morgan fingerprint density at radius 3 is 2.52 bits per heavy atom. The van der Waals surface area contributed by atoms with Crippen molar-refractivity contribution in [3.05, 3.63) is 47.9 Å². The molecule has 0 radical (unpaired) electrons. The lowest BCUT2D eigenvalue weighted by Crippen LogP contribution is -2.40. The molecule has 8 nitrogen and oxygen atoms in total. The predicted octanol–water partition coefficient (Wildman–Crippen LogP) is 3.12. The van der Waals surface area contributed by atoms with Crippen molar-refractivity contribution in [2.45, 2.75) is 12.7 Å². The van der Waals surface area contributed by atoms with Gasteiger partial charge in [0, 0.05) is 40.8 Å². The van der Waals surface area contributed by atoms with E-state index < -0.39 is 11.7 Å². The molecule has 3 aromatic rings. The van der Waals surface area contributed by atoms with E-state index in [-0.39, 0.29) is 24.0 Å². The average Bonchev–Trinajstić information content (AvgIpc) is 3.09. The Morgan fingerprint density at radius 2 is 1.87 bits per heavy atom. The number of nitrogens with zero attached hydrogens (tertiary/aromatic N) is 6. The highest BCUT2D eigenvalue weighted by Gasteiger charge is 2.29. The Kier molecular flexibility index (Phi) is 8.42. The summed E-state index contributed by atoms with van der Waals surface area (Å²) >= 11 is 0. The summed E-state index contributed by atoms with van der Waals surface area (Å²) in [6, 6.07) is 5.12. The fourth-order valence-electron chi connectivity index (χ4n) is 2.99. The molecule has 168 valence electrons. The molecule has 0 saturated heterocycles. The standard InChI is InChI=1S/C19H23F3N8.HI/c1-23-18(29(2)11-13-4-6-14(7-5-13)19(20,21)22)25-9-8-24-16-15-10-28-30(3)17(15)27-12-26-16;/h4-7,10,12H,8-9,11H2,1-3H3,(H,23,25)(H,24,26,27);1H. The molecule has 0 saturated carbocycles. The molecule has 0 aliphatic carbocycles. The van der Waals surface area contributed by atoms with Gasteiger partial charge in [-0.25, -0.2) is 9.97 Å². The number of alkyl halides is 3. The van der Waals surface area contributed by atoms with Crippen molar-refractivity contribution >= 4 is 46.8 Å². The number of benzene rings is 1. The van der Waals surface area contributed by atoms with Crippen LogP contribution in [-0.2, 0) is 19.8 Å². The largest absolute Gasteiger partial charge is 0.416 e. The smallest absolute Gasteiger partial charge is 0.368 e. The maximum Gasteiger partial charge on any atom is 0.416 e. The van der Waals surface area contributed by atoms with E-state index in [9.17, 15) is 13.2 Å². The first-order chi connectivity index (χ1) is 14.3. The molecule has 0 unspecified atom stereocenters. The van der Waals surface area contributed by atoms with Crippen molar-refractivity contribution in [3.63, 3.8) is 0 Å². The Morgan fingerprint density at radius 1 is 1.16 bits per heavy atom. The molecular weight excluding hydrogens is 524 g/mol. The molecule has 0 aliphatic heterocycles. The summed E-state index contributed by atoms with van der Waals surface area (Å²) in [5, 5.41) is 11.5. The van der Waals surface area contributed by atoms with Crippen LogP contribution < -0.4 is 10.6 Å². The van der Waals surface area contributed by atoms with Crippen LogP contribution in [0.4, 0.5) is 19.0 Å². The zero-order valence-corrected chi connectivity index (χ0v) is 19.6. The predicted molar refractivity (Wildman–Crippen MR) is 124 cm³/mol. The molecule has 0 bridgehead atoms. The SMILES string of the molecule is CN=C(NCCNc1ncnc2c1cnn2C)N(C)Cc1ccc(C(F)(F)F)cc1.I. The van der Waals surface area contributed by atoms with Gasteiger partial charge < -0.3 is 15.5 Å². The van der Waals surface area contributed by atoms with E-state index in [2.05, 4.69) is 30.7 Å². The zero-order valence-electron chi connectivity index (χ0n) is 17.3. The maximum atomic E-state index is 12.7. The van der Waals surface area contributed by atoms with Crippen LogP contribution in [0.1, 0.15) is 11.1 Å². The monoisotopic (exact) mass is 548 g/mol. The van der Waals surface area contributed by atoms with E-state index in [1.807, 2.05) is 19.0 Å². The van der Waals surface area contributed by atoms with Gasteiger partial charge in [-0.3, -0.25) is 9.67 Å². The average molecular weight is 548 g/mol. The maximum absolute atomic E-state index is 12.7. The van der Waals surface area contributed by atoms with Gasteiger partial charge in [-0.1, -0.05) is 12.1 Å². The number of aliphatic imine (C=N–C) groups is 1. The molecule has 1 aromatic carbocycles. The number of aryl methyl sites for hydroxylation is 1. The zero-order chi connectivity index (χ0) is 21.7. The van der Waals surface area contributed by atoms with Gasteiger partial charge in [0.25, 0.3) is 0 Å². The van der Waals surface area contributed by atoms with Gasteiger partial charge in [-0.2, -0.15) is 18.3 Å². The molecule has 0 aliphatic rings. The van der Waals surface area contributed by atoms with E-state index in [0.717, 1.165) is 28.7 Å². The molecule has 12 heteroatoms. The highest BCUT2D eigenvalue weighted by atomic mass is 127. The first kappa shape index (κ1) is 24.6. The Hall–Kier alpha value is -2.64. The number of hydrogen-bond donors (Lipinski definition) is 2. The van der Waals surface area contributed by atoms with Crippen LogP contribution in [0.2, 0.25) is 0 Å². The molecule has 2 heterocycles. The summed E-state index contributed by atoms with van der Waals surface area (Å²) in [7, 11) is 5.30. The topological polar surface area (TPSA) is 83.3 Å². The number of nitrogens with one attached hydrogen (secondary N) is 2. The molecule has 31 heavy (non-hydrogen) atoms. The van der Waals surface area contributed by atoms with Gasteiger partial charge in [0.2, 0.25) is 0 Å². The Bertz CT molecular complexity index is 1020. The quantitative estimate of drug-likeness (QED) is 0.213. The lowest BCUT2D eigenvalue weighted by molar-refractivity contribution is -0.137. The van der Waals surface area contributed by atoms with Gasteiger partial charge in [-0.15, -0.1) is 24.0 Å². The summed E-state index contributed by atoms with van der Waals surface area (Å²) in [5.41, 5.74) is 0.842. The molecule has 0 fully saturated rings. The lowest BCUT2D eigenvalue weighted by Gasteiger charge is -2.22. The minimum atomic E-state index is -4.33. The van der Waals surface area contributed by atoms with Crippen LogP contribution in [0, 0.1) is 0 Å². The van der Waals surface area contributed by atoms with E-state index in [1.165, 1.54) is 18.5 Å². The molecule has 0 atom stereocenters. The summed E-state index contributed by atoms with van der Waals surface area (Å²) in [5.74, 6) is 1.33. The van der Waals surface area contributed by atoms with Crippen LogP contribution >= 0.6 is 24.0 Å². The second-order valence-corrected chi connectivity index (χ2v) is 6.68. The third kappa shape index (κ3) is 6.18. The van der Waals surface area contributed by atoms with Gasteiger partial charge >= 0.3 is 6.18 Å². The lowest BCUT2D eigenvalue weighted by atomic mass is 10.1. The van der Waals surface area contributed by atoms with Gasteiger partial charge in [0.15, 0.2) is 11.6 Å². The van der Waals surface area contributed by atoms with Crippen LogP contribution in [0.3, 0.4) is 0 Å². The van der Waals surface area contributed by atoms with Gasteiger partial charge in [0.1, 0.15) is 12.1 Å². The second kappa shape index (κ2) is 10.6. The minimum absolute atomic E-state index is 0. The van der Waals surface area contributed by atoms with Crippen molar-refractivity contribution in [2.24, 2.45) is 12.0 Å². The third-order valence-corrected chi connectivity index (χ3v) is 4.50. The number of halogens is 4. The van der Waals surface area contributed by atoms with Gasteiger partial charge in [0.05, 0.1) is 17.1 Å². The summed E-state index contributed by atoms with van der Waals surface area (Å²) < 4.78 is 39.7. The van der Waals surface area contributed by atoms with Crippen molar-refractivity contribution in [2.75, 3.05) is 32.5 Å². The minimum Gasteiger partial charge on any atom is -0.368 e. The molecule has 2 N–H and O–H groups in total. The van der Waals surface area contributed by atoms with E-state index >= 15 is 0 Å². The number of anilines is 1. The number of hydrogen-bond acceptors (Lipinski definition) is 5. The first-order valence-corrected chi connectivity index (χ1v) is 9.24. The fourth-order valence-corrected chi connectivity index (χ4v) is 2.99. The second-order valence-electron chi connectivity index (χ2n) is 6.68. The van der Waals surface area contributed by atoms with Crippen molar-refractivity contribution in [1.82, 2.24) is 30.0 Å². The van der Waals surface area contributed by atoms with Crippen LogP contribution in [0.15, 0.2) is 41.8 Å². The first-order valence-electron chi connectivity index (χ1n) is 9.24. The van der Waals surface area contributed by atoms with E-state index in [4.69, 9.17) is 0 Å². The third-order valence-electron chi connectivity index (χ3n) is 4.50. The van der Waals surface area contributed by atoms with Gasteiger partial charge in [-0.05, 0) is 17.7 Å². The summed E-state index contributed by atoms with van der Waals surface area (Å²) in [6.07, 6.45) is -1.14. The molecule has 2 aromatic heterocycles.